The van der Waals surface area contributed by atoms with Crippen molar-refractivity contribution < 1.29 is 4.57 Å². The van der Waals surface area contributed by atoms with Gasteiger partial charge in [0.25, 0.3) is 0 Å². The summed E-state index contributed by atoms with van der Waals surface area (Å²) in [6.07, 6.45) is 2.28. The van der Waals surface area contributed by atoms with E-state index in [-0.39, 0.29) is 0 Å². The van der Waals surface area contributed by atoms with Crippen molar-refractivity contribution in [3.05, 3.63) is 65.9 Å². The van der Waals surface area contributed by atoms with Crippen molar-refractivity contribution in [1.29, 1.82) is 0 Å². The smallest absolute Gasteiger partial charge is 0.198 e. The molecular weight excluding hydrogens is 254 g/mol. The minimum Gasteiger partial charge on any atom is -0.198 e. The maximum Gasteiger partial charge on any atom is 0.220 e. The summed E-state index contributed by atoms with van der Waals surface area (Å²) in [5.74, 6) is 0. The first-order chi connectivity index (χ1) is 10.2. The van der Waals surface area contributed by atoms with Crippen LogP contribution in [0, 0.1) is 6.92 Å². The molecule has 3 aromatic rings. The number of hydrogen-bond donors (Lipinski definition) is 0. The summed E-state index contributed by atoms with van der Waals surface area (Å²) in [6, 6.07) is 19.7. The Labute approximate surface area is 126 Å². The van der Waals surface area contributed by atoms with Crippen LogP contribution in [0.5, 0.6) is 0 Å². The molecule has 1 aromatic heterocycles. The highest BCUT2D eigenvalue weighted by atomic mass is 14.9. The largest absolute Gasteiger partial charge is 0.220 e. The second kappa shape index (κ2) is 5.69. The normalized spacial score (nSPS) is 11.0. The maximum atomic E-state index is 2.37. The lowest BCUT2D eigenvalue weighted by molar-refractivity contribution is -0.667. The lowest BCUT2D eigenvalue weighted by Gasteiger charge is -2.11. The van der Waals surface area contributed by atoms with Crippen LogP contribution in [-0.2, 0) is 13.5 Å². The number of aryl methyl sites for hydroxylation is 2. The van der Waals surface area contributed by atoms with Gasteiger partial charge in [0.05, 0.1) is 5.39 Å². The van der Waals surface area contributed by atoms with Gasteiger partial charge in [-0.1, -0.05) is 43.3 Å². The second-order valence-corrected chi connectivity index (χ2v) is 5.70. The average molecular weight is 276 g/mol. The van der Waals surface area contributed by atoms with Crippen LogP contribution in [0.15, 0.2) is 54.6 Å². The van der Waals surface area contributed by atoms with Gasteiger partial charge in [-0.3, -0.25) is 0 Å². The molecule has 0 aliphatic carbocycles. The van der Waals surface area contributed by atoms with E-state index in [1.807, 2.05) is 0 Å². The van der Waals surface area contributed by atoms with E-state index in [0.29, 0.717) is 0 Å². The number of pyridine rings is 1. The molecule has 2 aromatic carbocycles. The topological polar surface area (TPSA) is 3.88 Å². The van der Waals surface area contributed by atoms with Gasteiger partial charge < -0.3 is 0 Å². The van der Waals surface area contributed by atoms with Crippen LogP contribution < -0.4 is 4.57 Å². The molecule has 0 aliphatic heterocycles. The molecule has 0 fully saturated rings. The summed E-state index contributed by atoms with van der Waals surface area (Å²) in [5, 5.41) is 2.66. The molecule has 0 saturated heterocycles. The minimum atomic E-state index is 1.11. The predicted octanol–water partition coefficient (Wildman–Crippen LogP) is 4.59. The average Bonchev–Trinajstić information content (AvgIpc) is 2.50. The Morgan fingerprint density at radius 1 is 0.952 bits per heavy atom. The van der Waals surface area contributed by atoms with Gasteiger partial charge in [0.1, 0.15) is 7.05 Å². The molecule has 0 spiro atoms. The summed E-state index contributed by atoms with van der Waals surface area (Å²) >= 11 is 0. The van der Waals surface area contributed by atoms with Gasteiger partial charge in [0, 0.05) is 18.1 Å². The van der Waals surface area contributed by atoms with Crippen molar-refractivity contribution in [1.82, 2.24) is 0 Å². The van der Waals surface area contributed by atoms with Gasteiger partial charge >= 0.3 is 0 Å². The first-order valence-electron chi connectivity index (χ1n) is 7.69. The van der Waals surface area contributed by atoms with Gasteiger partial charge in [0.15, 0.2) is 5.69 Å². The van der Waals surface area contributed by atoms with Crippen LogP contribution in [0.1, 0.15) is 24.6 Å². The highest BCUT2D eigenvalue weighted by Gasteiger charge is 2.20. The lowest BCUT2D eigenvalue weighted by Crippen LogP contribution is -2.36. The van der Waals surface area contributed by atoms with Gasteiger partial charge in [-0.05, 0) is 36.4 Å². The Bertz CT molecular complexity index is 787. The molecule has 1 nitrogen and oxygen atoms in total. The van der Waals surface area contributed by atoms with E-state index in [1.54, 1.807) is 0 Å². The Hall–Kier alpha value is -2.15. The number of aromatic nitrogens is 1. The van der Waals surface area contributed by atoms with Crippen LogP contribution in [0.4, 0.5) is 0 Å². The molecule has 0 atom stereocenters. The van der Waals surface area contributed by atoms with Gasteiger partial charge in [-0.25, -0.2) is 0 Å². The zero-order valence-corrected chi connectivity index (χ0v) is 13.1. The fourth-order valence-electron chi connectivity index (χ4n) is 3.10. The van der Waals surface area contributed by atoms with Crippen LogP contribution in [0.2, 0.25) is 0 Å². The summed E-state index contributed by atoms with van der Waals surface area (Å²) < 4.78 is 2.37. The molecule has 1 heteroatoms. The summed E-state index contributed by atoms with van der Waals surface area (Å²) in [7, 11) is 2.19. The monoisotopic (exact) mass is 276 g/mol. The molecule has 0 radical (unpaired) electrons. The van der Waals surface area contributed by atoms with E-state index in [1.165, 1.54) is 39.7 Å². The molecule has 106 valence electrons. The van der Waals surface area contributed by atoms with E-state index in [2.05, 4.69) is 80.1 Å². The Morgan fingerprint density at radius 2 is 1.67 bits per heavy atom. The Balaban J connectivity index is 2.39. The number of nitrogens with zero attached hydrogens (tertiary/aromatic N) is 1. The molecular formula is C20H22N+. The zero-order chi connectivity index (χ0) is 14.8. The summed E-state index contributed by atoms with van der Waals surface area (Å²) in [5.41, 5.74) is 5.38. The molecule has 0 bridgehead atoms. The van der Waals surface area contributed by atoms with Gasteiger partial charge in [0.2, 0.25) is 5.69 Å². The van der Waals surface area contributed by atoms with Gasteiger partial charge in [-0.2, -0.15) is 4.57 Å². The van der Waals surface area contributed by atoms with Crippen LogP contribution in [-0.4, -0.2) is 0 Å². The van der Waals surface area contributed by atoms with Crippen molar-refractivity contribution in [2.75, 3.05) is 0 Å². The predicted molar refractivity (Wildman–Crippen MR) is 89.3 cm³/mol. The van der Waals surface area contributed by atoms with Crippen molar-refractivity contribution >= 4 is 10.8 Å². The van der Waals surface area contributed by atoms with E-state index in [4.69, 9.17) is 0 Å². The van der Waals surface area contributed by atoms with Crippen LogP contribution in [0.25, 0.3) is 22.0 Å². The quantitative estimate of drug-likeness (QED) is 0.616. The number of benzene rings is 2. The Morgan fingerprint density at radius 3 is 2.43 bits per heavy atom. The molecule has 0 saturated carbocycles. The first-order valence-corrected chi connectivity index (χ1v) is 7.69. The van der Waals surface area contributed by atoms with Crippen molar-refractivity contribution in [3.8, 4) is 11.3 Å². The third kappa shape index (κ3) is 2.44. The van der Waals surface area contributed by atoms with E-state index in [0.717, 1.165) is 6.42 Å². The van der Waals surface area contributed by atoms with E-state index >= 15 is 0 Å². The molecule has 0 N–H and O–H groups in total. The molecule has 3 rings (SSSR count). The Kier molecular flexibility index (Phi) is 3.74. The highest BCUT2D eigenvalue weighted by molar-refractivity contribution is 5.93. The number of rotatable bonds is 3. The molecule has 21 heavy (non-hydrogen) atoms. The fourth-order valence-corrected chi connectivity index (χ4v) is 3.10. The number of fused-ring (bicyclic) bond motifs is 1. The second-order valence-electron chi connectivity index (χ2n) is 5.70. The summed E-state index contributed by atoms with van der Waals surface area (Å²) in [4.78, 5) is 0. The third-order valence-corrected chi connectivity index (χ3v) is 4.21. The van der Waals surface area contributed by atoms with Crippen molar-refractivity contribution in [3.63, 3.8) is 0 Å². The van der Waals surface area contributed by atoms with Gasteiger partial charge in [-0.15, -0.1) is 0 Å². The fraction of sp³-hybridized carbons (Fsp3) is 0.250. The maximum absolute atomic E-state index is 2.37. The zero-order valence-electron chi connectivity index (χ0n) is 13.1. The third-order valence-electron chi connectivity index (χ3n) is 4.21. The minimum absolute atomic E-state index is 1.11. The standard InChI is InChI=1S/C20H22N/c1-4-9-17-14-16-11-6-8-13-19(16)20(21(17)3)18-12-7-5-10-15(18)2/h5-8,10-14H,4,9H2,1-3H3/q+1. The molecule has 1 heterocycles. The highest BCUT2D eigenvalue weighted by Crippen LogP contribution is 2.28. The van der Waals surface area contributed by atoms with Crippen molar-refractivity contribution in [2.24, 2.45) is 7.05 Å². The van der Waals surface area contributed by atoms with Crippen LogP contribution in [0.3, 0.4) is 0 Å². The SMILES string of the molecule is CCCc1cc2ccccc2c(-c2ccccc2C)[n+]1C. The summed E-state index contributed by atoms with van der Waals surface area (Å²) in [6.45, 7) is 4.43. The first kappa shape index (κ1) is 13.8. The van der Waals surface area contributed by atoms with E-state index < -0.39 is 0 Å². The lowest BCUT2D eigenvalue weighted by atomic mass is 9.98. The van der Waals surface area contributed by atoms with E-state index in [9.17, 15) is 0 Å². The molecule has 0 unspecified atom stereocenters. The molecule has 0 aliphatic rings. The molecule has 0 amide bonds. The van der Waals surface area contributed by atoms with Crippen LogP contribution >= 0.6 is 0 Å². The van der Waals surface area contributed by atoms with Crippen molar-refractivity contribution in [2.45, 2.75) is 26.7 Å². The number of hydrogen-bond acceptors (Lipinski definition) is 0.